The Labute approximate surface area is 137 Å². The molecule has 0 atom stereocenters. The molecule has 3 aromatic rings. The van der Waals surface area contributed by atoms with Crippen LogP contribution >= 0.6 is 11.3 Å². The molecule has 0 aliphatic carbocycles. The van der Waals surface area contributed by atoms with Gasteiger partial charge in [0.25, 0.3) is 0 Å². The number of nitrogens with zero attached hydrogens (tertiary/aromatic N) is 1. The van der Waals surface area contributed by atoms with E-state index in [4.69, 9.17) is 4.42 Å². The highest BCUT2D eigenvalue weighted by Gasteiger charge is 2.15. The van der Waals surface area contributed by atoms with Gasteiger partial charge in [0.2, 0.25) is 5.91 Å². The van der Waals surface area contributed by atoms with Gasteiger partial charge in [-0.05, 0) is 36.2 Å². The molecule has 0 unspecified atom stereocenters. The van der Waals surface area contributed by atoms with Gasteiger partial charge in [0.05, 0.1) is 18.5 Å². The number of carbonyl (C=O) groups is 1. The molecule has 4 rings (SSSR count). The van der Waals surface area contributed by atoms with Crippen molar-refractivity contribution in [2.45, 2.75) is 19.4 Å². The molecule has 5 nitrogen and oxygen atoms in total. The fourth-order valence-electron chi connectivity index (χ4n) is 2.61. The van der Waals surface area contributed by atoms with Gasteiger partial charge in [-0.15, -0.1) is 11.3 Å². The van der Waals surface area contributed by atoms with Crippen LogP contribution in [0.15, 0.2) is 46.4 Å². The van der Waals surface area contributed by atoms with E-state index >= 15 is 0 Å². The van der Waals surface area contributed by atoms with Crippen molar-refractivity contribution >= 4 is 28.1 Å². The van der Waals surface area contributed by atoms with E-state index in [1.54, 1.807) is 17.6 Å². The van der Waals surface area contributed by atoms with Crippen LogP contribution in [0, 0.1) is 0 Å². The SMILES string of the molecule is O=C1CCc2cc(-c3csc(NCc4ccco4)n3)ccc2N1. The summed E-state index contributed by atoms with van der Waals surface area (Å²) in [5, 5.41) is 9.06. The summed E-state index contributed by atoms with van der Waals surface area (Å²) in [5.41, 5.74) is 4.09. The van der Waals surface area contributed by atoms with Crippen LogP contribution in [0.2, 0.25) is 0 Å². The number of benzene rings is 1. The molecule has 3 heterocycles. The number of aryl methyl sites for hydroxylation is 1. The van der Waals surface area contributed by atoms with E-state index in [-0.39, 0.29) is 5.91 Å². The zero-order chi connectivity index (χ0) is 15.6. The minimum Gasteiger partial charge on any atom is -0.467 e. The van der Waals surface area contributed by atoms with E-state index in [1.165, 1.54) is 5.56 Å². The number of aromatic nitrogens is 1. The maximum atomic E-state index is 11.4. The topological polar surface area (TPSA) is 67.2 Å². The Bertz CT molecular complexity index is 839. The normalized spacial score (nSPS) is 13.5. The minimum atomic E-state index is 0.0864. The Morgan fingerprint density at radius 1 is 1.30 bits per heavy atom. The molecular formula is C17H15N3O2S. The van der Waals surface area contributed by atoms with Gasteiger partial charge in [0, 0.05) is 23.1 Å². The minimum absolute atomic E-state index is 0.0864. The first-order chi connectivity index (χ1) is 11.3. The van der Waals surface area contributed by atoms with Crippen molar-refractivity contribution in [3.8, 4) is 11.3 Å². The molecule has 0 fully saturated rings. The van der Waals surface area contributed by atoms with Gasteiger partial charge in [-0.1, -0.05) is 6.07 Å². The highest BCUT2D eigenvalue weighted by molar-refractivity contribution is 7.14. The molecule has 0 saturated heterocycles. The number of hydrogen-bond donors (Lipinski definition) is 2. The maximum absolute atomic E-state index is 11.4. The van der Waals surface area contributed by atoms with Crippen LogP contribution in [-0.4, -0.2) is 10.9 Å². The van der Waals surface area contributed by atoms with Crippen molar-refractivity contribution in [2.24, 2.45) is 0 Å². The number of carbonyl (C=O) groups excluding carboxylic acids is 1. The van der Waals surface area contributed by atoms with Crippen molar-refractivity contribution in [3.05, 3.63) is 53.3 Å². The largest absolute Gasteiger partial charge is 0.467 e. The second-order valence-corrected chi connectivity index (χ2v) is 6.25. The number of nitrogens with one attached hydrogen (secondary N) is 2. The number of amides is 1. The predicted octanol–water partition coefficient (Wildman–Crippen LogP) is 3.90. The van der Waals surface area contributed by atoms with Crippen molar-refractivity contribution in [2.75, 3.05) is 10.6 Å². The van der Waals surface area contributed by atoms with Crippen LogP contribution < -0.4 is 10.6 Å². The first kappa shape index (κ1) is 14.0. The summed E-state index contributed by atoms with van der Waals surface area (Å²) in [5.74, 6) is 0.967. The van der Waals surface area contributed by atoms with Crippen LogP contribution in [-0.2, 0) is 17.8 Å². The maximum Gasteiger partial charge on any atom is 0.224 e. The molecule has 6 heteroatoms. The fourth-order valence-corrected chi connectivity index (χ4v) is 3.32. The number of thiazole rings is 1. The van der Waals surface area contributed by atoms with Gasteiger partial charge in [-0.3, -0.25) is 4.79 Å². The zero-order valence-corrected chi connectivity index (χ0v) is 13.2. The highest BCUT2D eigenvalue weighted by Crippen LogP contribution is 2.30. The first-order valence-corrected chi connectivity index (χ1v) is 8.31. The van der Waals surface area contributed by atoms with Crippen LogP contribution in [0.25, 0.3) is 11.3 Å². The summed E-state index contributed by atoms with van der Waals surface area (Å²) in [6.07, 6.45) is 2.99. The van der Waals surface area contributed by atoms with E-state index in [9.17, 15) is 4.79 Å². The second kappa shape index (κ2) is 5.89. The first-order valence-electron chi connectivity index (χ1n) is 7.43. The van der Waals surface area contributed by atoms with E-state index in [2.05, 4.69) is 21.7 Å². The molecule has 1 amide bonds. The van der Waals surface area contributed by atoms with Gasteiger partial charge in [0.1, 0.15) is 5.76 Å². The average Bonchev–Trinajstić information content (AvgIpc) is 3.24. The molecular weight excluding hydrogens is 310 g/mol. The molecule has 2 N–H and O–H groups in total. The lowest BCUT2D eigenvalue weighted by molar-refractivity contribution is -0.116. The summed E-state index contributed by atoms with van der Waals surface area (Å²) in [6.45, 7) is 0.621. The summed E-state index contributed by atoms with van der Waals surface area (Å²) in [6, 6.07) is 9.86. The molecule has 1 aliphatic heterocycles. The predicted molar refractivity (Wildman–Crippen MR) is 90.5 cm³/mol. The van der Waals surface area contributed by atoms with E-state index in [1.807, 2.05) is 29.6 Å². The van der Waals surface area contributed by atoms with E-state index in [0.717, 1.165) is 34.3 Å². The third kappa shape index (κ3) is 2.98. The second-order valence-electron chi connectivity index (χ2n) is 5.39. The lowest BCUT2D eigenvalue weighted by Gasteiger charge is -2.17. The van der Waals surface area contributed by atoms with E-state index < -0.39 is 0 Å². The smallest absolute Gasteiger partial charge is 0.224 e. The number of fused-ring (bicyclic) bond motifs is 1. The zero-order valence-electron chi connectivity index (χ0n) is 12.3. The standard InChI is InChI=1S/C17H15N3O2S/c21-16-6-4-11-8-12(3-5-14(11)19-16)15-10-23-17(20-15)18-9-13-2-1-7-22-13/h1-3,5,7-8,10H,4,6,9H2,(H,18,20)(H,19,21). The van der Waals surface area contributed by atoms with Crippen LogP contribution in [0.4, 0.5) is 10.8 Å². The lowest BCUT2D eigenvalue weighted by Crippen LogP contribution is -2.18. The molecule has 0 spiro atoms. The molecule has 2 aromatic heterocycles. The van der Waals surface area contributed by atoms with Crippen LogP contribution in [0.5, 0.6) is 0 Å². The molecule has 1 aliphatic rings. The highest BCUT2D eigenvalue weighted by atomic mass is 32.1. The fraction of sp³-hybridized carbons (Fsp3) is 0.176. The summed E-state index contributed by atoms with van der Waals surface area (Å²) < 4.78 is 5.30. The molecule has 0 saturated carbocycles. The summed E-state index contributed by atoms with van der Waals surface area (Å²) in [7, 11) is 0. The number of anilines is 2. The van der Waals surface area contributed by atoms with Crippen LogP contribution in [0.3, 0.4) is 0 Å². The molecule has 1 aromatic carbocycles. The average molecular weight is 325 g/mol. The van der Waals surface area contributed by atoms with Crippen molar-refractivity contribution in [1.29, 1.82) is 0 Å². The number of rotatable bonds is 4. The Morgan fingerprint density at radius 2 is 2.26 bits per heavy atom. The van der Waals surface area contributed by atoms with Crippen molar-refractivity contribution in [1.82, 2.24) is 4.98 Å². The molecule has 23 heavy (non-hydrogen) atoms. The van der Waals surface area contributed by atoms with Gasteiger partial charge < -0.3 is 15.1 Å². The van der Waals surface area contributed by atoms with Gasteiger partial charge in [-0.25, -0.2) is 4.98 Å². The lowest BCUT2D eigenvalue weighted by atomic mass is 9.99. The van der Waals surface area contributed by atoms with Crippen molar-refractivity contribution in [3.63, 3.8) is 0 Å². The Morgan fingerprint density at radius 3 is 3.13 bits per heavy atom. The quantitative estimate of drug-likeness (QED) is 0.763. The third-order valence-corrected chi connectivity index (χ3v) is 4.59. The van der Waals surface area contributed by atoms with Gasteiger partial charge >= 0.3 is 0 Å². The van der Waals surface area contributed by atoms with Crippen molar-refractivity contribution < 1.29 is 9.21 Å². The van der Waals surface area contributed by atoms with Crippen LogP contribution in [0.1, 0.15) is 17.7 Å². The molecule has 116 valence electrons. The summed E-state index contributed by atoms with van der Waals surface area (Å²) >= 11 is 1.57. The number of furan rings is 1. The Balaban J connectivity index is 1.51. The van der Waals surface area contributed by atoms with Gasteiger partial charge in [0.15, 0.2) is 5.13 Å². The van der Waals surface area contributed by atoms with E-state index in [0.29, 0.717) is 13.0 Å². The number of hydrogen-bond acceptors (Lipinski definition) is 5. The third-order valence-electron chi connectivity index (χ3n) is 3.79. The Hall–Kier alpha value is -2.60. The Kier molecular flexibility index (Phi) is 3.59. The molecule has 0 radical (unpaired) electrons. The monoisotopic (exact) mass is 325 g/mol. The molecule has 0 bridgehead atoms. The van der Waals surface area contributed by atoms with Gasteiger partial charge in [-0.2, -0.15) is 0 Å². The summed E-state index contributed by atoms with van der Waals surface area (Å²) in [4.78, 5) is 16.0.